The highest BCUT2D eigenvalue weighted by atomic mass is 16.4. The zero-order chi connectivity index (χ0) is 11.4. The van der Waals surface area contributed by atoms with E-state index in [9.17, 15) is 4.79 Å². The highest BCUT2D eigenvalue weighted by Crippen LogP contribution is 2.17. The Morgan fingerprint density at radius 1 is 1.38 bits per heavy atom. The molecule has 0 aliphatic heterocycles. The number of benzene rings is 1. The zero-order valence-corrected chi connectivity index (χ0v) is 8.52. The van der Waals surface area contributed by atoms with E-state index >= 15 is 0 Å². The van der Waals surface area contributed by atoms with Crippen molar-refractivity contribution in [1.82, 2.24) is 14.8 Å². The highest BCUT2D eigenvalue weighted by Gasteiger charge is 2.20. The molecule has 1 aromatic carbocycles. The van der Waals surface area contributed by atoms with Crippen molar-refractivity contribution in [3.8, 4) is 0 Å². The van der Waals surface area contributed by atoms with Gasteiger partial charge in [0.1, 0.15) is 18.6 Å². The second-order valence-electron chi connectivity index (χ2n) is 3.42. The fourth-order valence-corrected chi connectivity index (χ4v) is 1.53. The molecular formula is C11H11N3O2. The van der Waals surface area contributed by atoms with Gasteiger partial charge >= 0.3 is 5.97 Å². The predicted octanol–water partition coefficient (Wildman–Crippen LogP) is 1.15. The Hall–Kier alpha value is -2.17. The molecule has 82 valence electrons. The molecule has 1 aromatic heterocycles. The summed E-state index contributed by atoms with van der Waals surface area (Å²) in [6.07, 6.45) is 2.91. The summed E-state index contributed by atoms with van der Waals surface area (Å²) in [6, 6.07) is 9.11. The number of aromatic nitrogens is 3. The molecule has 0 radical (unpaired) electrons. The Morgan fingerprint density at radius 3 is 2.69 bits per heavy atom. The average molecular weight is 217 g/mol. The molecule has 0 spiro atoms. The van der Waals surface area contributed by atoms with Crippen LogP contribution in [0.5, 0.6) is 0 Å². The Morgan fingerprint density at radius 2 is 2.12 bits per heavy atom. The minimum Gasteiger partial charge on any atom is -0.481 e. The predicted molar refractivity (Wildman–Crippen MR) is 56.8 cm³/mol. The van der Waals surface area contributed by atoms with Crippen LogP contribution >= 0.6 is 0 Å². The van der Waals surface area contributed by atoms with Crippen molar-refractivity contribution in [2.45, 2.75) is 12.5 Å². The molecule has 2 rings (SSSR count). The molecule has 0 fully saturated rings. The van der Waals surface area contributed by atoms with Crippen LogP contribution in [0, 0.1) is 0 Å². The molecule has 1 N–H and O–H groups in total. The summed E-state index contributed by atoms with van der Waals surface area (Å²) in [6.45, 7) is 0.291. The summed E-state index contributed by atoms with van der Waals surface area (Å²) in [5, 5.41) is 13.1. The van der Waals surface area contributed by atoms with Gasteiger partial charge in [-0.2, -0.15) is 5.10 Å². The van der Waals surface area contributed by atoms with Crippen molar-refractivity contribution in [1.29, 1.82) is 0 Å². The van der Waals surface area contributed by atoms with E-state index in [0.717, 1.165) is 5.56 Å². The first-order chi connectivity index (χ1) is 7.77. The van der Waals surface area contributed by atoms with Crippen molar-refractivity contribution >= 4 is 5.97 Å². The standard InChI is InChI=1S/C11H11N3O2/c15-11(16)10(6-14-8-12-7-13-14)9-4-2-1-3-5-9/h1-5,7-8,10H,6H2,(H,15,16). The van der Waals surface area contributed by atoms with Crippen LogP contribution in [0.3, 0.4) is 0 Å². The molecule has 1 atom stereocenters. The van der Waals surface area contributed by atoms with Gasteiger partial charge in [0.15, 0.2) is 0 Å². The van der Waals surface area contributed by atoms with Gasteiger partial charge in [-0.3, -0.25) is 9.48 Å². The van der Waals surface area contributed by atoms with Crippen LogP contribution in [-0.4, -0.2) is 25.8 Å². The Bertz CT molecular complexity index is 453. The summed E-state index contributed by atoms with van der Waals surface area (Å²) in [5.74, 6) is -1.45. The van der Waals surface area contributed by atoms with Gasteiger partial charge in [-0.05, 0) is 5.56 Å². The molecule has 0 saturated heterocycles. The van der Waals surface area contributed by atoms with E-state index in [1.54, 1.807) is 12.1 Å². The summed E-state index contributed by atoms with van der Waals surface area (Å²) in [7, 11) is 0. The zero-order valence-electron chi connectivity index (χ0n) is 8.52. The van der Waals surface area contributed by atoms with E-state index in [0.29, 0.717) is 6.54 Å². The molecule has 0 saturated carbocycles. The second-order valence-corrected chi connectivity index (χ2v) is 3.42. The lowest BCUT2D eigenvalue weighted by atomic mass is 9.99. The molecule has 1 unspecified atom stereocenters. The van der Waals surface area contributed by atoms with Crippen molar-refractivity contribution in [3.05, 3.63) is 48.5 Å². The third-order valence-electron chi connectivity index (χ3n) is 2.34. The maximum Gasteiger partial charge on any atom is 0.312 e. The molecule has 0 aliphatic carbocycles. The van der Waals surface area contributed by atoms with E-state index in [4.69, 9.17) is 5.11 Å². The lowest BCUT2D eigenvalue weighted by Crippen LogP contribution is -2.18. The second kappa shape index (κ2) is 4.57. The first-order valence-electron chi connectivity index (χ1n) is 4.87. The lowest BCUT2D eigenvalue weighted by Gasteiger charge is -2.12. The number of aliphatic carboxylic acids is 1. The van der Waals surface area contributed by atoms with E-state index in [-0.39, 0.29) is 0 Å². The molecule has 0 amide bonds. The minimum absolute atomic E-state index is 0.291. The first kappa shape index (κ1) is 10.4. The Kier molecular flexibility index (Phi) is 2.95. The number of hydrogen-bond donors (Lipinski definition) is 1. The molecule has 2 aromatic rings. The quantitative estimate of drug-likeness (QED) is 0.834. The normalized spacial score (nSPS) is 12.2. The number of carbonyl (C=O) groups is 1. The maximum absolute atomic E-state index is 11.2. The molecule has 5 heteroatoms. The smallest absolute Gasteiger partial charge is 0.312 e. The molecule has 0 bridgehead atoms. The van der Waals surface area contributed by atoms with Crippen LogP contribution in [0.1, 0.15) is 11.5 Å². The molecular weight excluding hydrogens is 206 g/mol. The van der Waals surface area contributed by atoms with Gasteiger partial charge in [-0.1, -0.05) is 30.3 Å². The van der Waals surface area contributed by atoms with Gasteiger partial charge in [0.05, 0.1) is 6.54 Å². The van der Waals surface area contributed by atoms with Crippen LogP contribution < -0.4 is 0 Å². The van der Waals surface area contributed by atoms with Crippen LogP contribution in [-0.2, 0) is 11.3 Å². The summed E-state index contributed by atoms with van der Waals surface area (Å²) in [4.78, 5) is 15.0. The number of rotatable bonds is 4. The minimum atomic E-state index is -0.860. The van der Waals surface area contributed by atoms with Crippen LogP contribution in [0.15, 0.2) is 43.0 Å². The summed E-state index contributed by atoms with van der Waals surface area (Å²) < 4.78 is 1.52. The lowest BCUT2D eigenvalue weighted by molar-refractivity contribution is -0.139. The third kappa shape index (κ3) is 2.25. The highest BCUT2D eigenvalue weighted by molar-refractivity contribution is 5.75. The number of hydrogen-bond acceptors (Lipinski definition) is 3. The first-order valence-corrected chi connectivity index (χ1v) is 4.87. The summed E-state index contributed by atoms with van der Waals surface area (Å²) in [5.41, 5.74) is 0.769. The molecule has 1 heterocycles. The molecule has 16 heavy (non-hydrogen) atoms. The van der Waals surface area contributed by atoms with Crippen molar-refractivity contribution < 1.29 is 9.90 Å². The van der Waals surface area contributed by atoms with Crippen LogP contribution in [0.4, 0.5) is 0 Å². The summed E-state index contributed by atoms with van der Waals surface area (Å²) >= 11 is 0. The van der Waals surface area contributed by atoms with Gasteiger partial charge in [0.2, 0.25) is 0 Å². The van der Waals surface area contributed by atoms with Gasteiger partial charge < -0.3 is 5.11 Å². The Labute approximate surface area is 92.4 Å². The van der Waals surface area contributed by atoms with Crippen LogP contribution in [0.2, 0.25) is 0 Å². The number of carboxylic acids is 1. The van der Waals surface area contributed by atoms with Gasteiger partial charge in [-0.25, -0.2) is 4.98 Å². The van der Waals surface area contributed by atoms with Crippen LogP contribution in [0.25, 0.3) is 0 Å². The molecule has 0 aliphatic rings. The van der Waals surface area contributed by atoms with Gasteiger partial charge in [0.25, 0.3) is 0 Å². The number of nitrogens with zero attached hydrogens (tertiary/aromatic N) is 3. The van der Waals surface area contributed by atoms with E-state index < -0.39 is 11.9 Å². The fraction of sp³-hybridized carbons (Fsp3) is 0.182. The van der Waals surface area contributed by atoms with Crippen molar-refractivity contribution in [2.75, 3.05) is 0 Å². The molecule has 5 nitrogen and oxygen atoms in total. The van der Waals surface area contributed by atoms with Gasteiger partial charge in [0, 0.05) is 0 Å². The average Bonchev–Trinajstić information content (AvgIpc) is 2.79. The monoisotopic (exact) mass is 217 g/mol. The largest absolute Gasteiger partial charge is 0.481 e. The maximum atomic E-state index is 11.2. The van der Waals surface area contributed by atoms with E-state index in [1.165, 1.54) is 17.3 Å². The number of carboxylic acid groups (broad SMARTS) is 1. The Balaban J connectivity index is 2.22. The van der Waals surface area contributed by atoms with Crippen molar-refractivity contribution in [2.24, 2.45) is 0 Å². The SMILES string of the molecule is O=C(O)C(Cn1cncn1)c1ccccc1. The van der Waals surface area contributed by atoms with Gasteiger partial charge in [-0.15, -0.1) is 0 Å². The third-order valence-corrected chi connectivity index (χ3v) is 2.34. The van der Waals surface area contributed by atoms with E-state index in [2.05, 4.69) is 10.1 Å². The van der Waals surface area contributed by atoms with E-state index in [1.807, 2.05) is 18.2 Å². The van der Waals surface area contributed by atoms with Crippen molar-refractivity contribution in [3.63, 3.8) is 0 Å². The fourth-order valence-electron chi connectivity index (χ4n) is 1.53. The topological polar surface area (TPSA) is 68.0 Å².